The number of aliphatic imine (C=N–C) groups is 1. The lowest BCUT2D eigenvalue weighted by Gasteiger charge is -2.11. The van der Waals surface area contributed by atoms with E-state index in [1.165, 1.54) is 18.4 Å². The lowest BCUT2D eigenvalue weighted by atomic mass is 10.1. The molecule has 2 aromatic carbocycles. The number of hydrogen-bond acceptors (Lipinski definition) is 3. The molecule has 0 fully saturated rings. The third-order valence-corrected chi connectivity index (χ3v) is 4.32. The summed E-state index contributed by atoms with van der Waals surface area (Å²) in [4.78, 5) is 16.6. The Labute approximate surface area is 198 Å². The van der Waals surface area contributed by atoms with Crippen LogP contribution in [0.1, 0.15) is 28.6 Å². The number of carbonyl (C=O) groups excluding carboxylic acids is 1. The van der Waals surface area contributed by atoms with Crippen LogP contribution in [-0.2, 0) is 13.0 Å². The van der Waals surface area contributed by atoms with Gasteiger partial charge in [-0.05, 0) is 60.9 Å². The van der Waals surface area contributed by atoms with Crippen molar-refractivity contribution in [2.45, 2.75) is 19.9 Å². The molecular weight excluding hydrogens is 510 g/mol. The van der Waals surface area contributed by atoms with E-state index in [9.17, 15) is 9.18 Å². The second-order valence-electron chi connectivity index (χ2n) is 6.63. The summed E-state index contributed by atoms with van der Waals surface area (Å²) in [5.41, 5.74) is 2.63. The quantitative estimate of drug-likeness (QED) is 0.224. The molecule has 8 heteroatoms. The Bertz CT molecular complexity index is 976. The summed E-state index contributed by atoms with van der Waals surface area (Å²) in [5.74, 6) is 0.451. The van der Waals surface area contributed by atoms with Crippen molar-refractivity contribution in [2.24, 2.45) is 4.99 Å². The Morgan fingerprint density at radius 3 is 2.52 bits per heavy atom. The zero-order valence-electron chi connectivity index (χ0n) is 17.2. The predicted octanol–water partition coefficient (Wildman–Crippen LogP) is 4.59. The van der Waals surface area contributed by atoms with Crippen molar-refractivity contribution in [2.75, 3.05) is 18.4 Å². The topological polar surface area (TPSA) is 78.7 Å². The summed E-state index contributed by atoms with van der Waals surface area (Å²) in [6, 6.07) is 17.4. The minimum Gasteiger partial charge on any atom is -0.459 e. The fourth-order valence-corrected chi connectivity index (χ4v) is 2.82. The fourth-order valence-electron chi connectivity index (χ4n) is 2.82. The highest BCUT2D eigenvalue weighted by atomic mass is 127. The average Bonchev–Trinajstić information content (AvgIpc) is 3.28. The van der Waals surface area contributed by atoms with Crippen molar-refractivity contribution in [3.63, 3.8) is 0 Å². The summed E-state index contributed by atoms with van der Waals surface area (Å²) >= 11 is 0. The highest BCUT2D eigenvalue weighted by molar-refractivity contribution is 14.0. The van der Waals surface area contributed by atoms with Crippen LogP contribution in [0.25, 0.3) is 0 Å². The van der Waals surface area contributed by atoms with Crippen LogP contribution in [-0.4, -0.2) is 25.0 Å². The van der Waals surface area contributed by atoms with Crippen molar-refractivity contribution < 1.29 is 13.6 Å². The molecule has 1 amide bonds. The number of benzene rings is 2. The summed E-state index contributed by atoms with van der Waals surface area (Å²) in [7, 11) is 0. The van der Waals surface area contributed by atoms with E-state index in [1.54, 1.807) is 18.2 Å². The van der Waals surface area contributed by atoms with Crippen molar-refractivity contribution in [1.82, 2.24) is 10.6 Å². The smallest absolute Gasteiger partial charge is 0.291 e. The Morgan fingerprint density at radius 1 is 1.03 bits per heavy atom. The standard InChI is InChI=1S/C23H25FN4O2.HI/c1-2-25-23(26-13-12-17-5-3-6-19(24)15-17)27-16-18-8-10-20(11-9-18)28-22(29)21-7-4-14-30-21;/h3-11,14-15H,2,12-13,16H2,1H3,(H,28,29)(H2,25,26,27);1H. The molecule has 6 nitrogen and oxygen atoms in total. The van der Waals surface area contributed by atoms with Crippen LogP contribution < -0.4 is 16.0 Å². The van der Waals surface area contributed by atoms with Gasteiger partial charge in [-0.1, -0.05) is 24.3 Å². The van der Waals surface area contributed by atoms with E-state index in [2.05, 4.69) is 20.9 Å². The van der Waals surface area contributed by atoms with Crippen molar-refractivity contribution in [3.05, 3.63) is 89.6 Å². The van der Waals surface area contributed by atoms with Crippen LogP contribution in [0.4, 0.5) is 10.1 Å². The van der Waals surface area contributed by atoms with E-state index in [-0.39, 0.29) is 41.5 Å². The van der Waals surface area contributed by atoms with Gasteiger partial charge in [-0.2, -0.15) is 0 Å². The Morgan fingerprint density at radius 2 is 1.84 bits per heavy atom. The van der Waals surface area contributed by atoms with Gasteiger partial charge in [0.15, 0.2) is 11.7 Å². The lowest BCUT2D eigenvalue weighted by Crippen LogP contribution is -2.38. The zero-order valence-corrected chi connectivity index (χ0v) is 19.6. The molecule has 0 radical (unpaired) electrons. The zero-order chi connectivity index (χ0) is 21.2. The van der Waals surface area contributed by atoms with E-state index in [1.807, 2.05) is 37.3 Å². The first kappa shape index (κ1) is 24.4. The number of guanidine groups is 1. The van der Waals surface area contributed by atoms with Gasteiger partial charge in [-0.3, -0.25) is 4.79 Å². The van der Waals surface area contributed by atoms with Gasteiger partial charge in [0.1, 0.15) is 5.82 Å². The first-order chi connectivity index (χ1) is 14.6. The number of anilines is 1. The molecule has 3 aromatic rings. The van der Waals surface area contributed by atoms with E-state index in [0.29, 0.717) is 31.2 Å². The maximum absolute atomic E-state index is 13.3. The lowest BCUT2D eigenvalue weighted by molar-refractivity contribution is 0.0996. The number of nitrogens with one attached hydrogen (secondary N) is 3. The summed E-state index contributed by atoms with van der Waals surface area (Å²) in [5, 5.41) is 9.25. The van der Waals surface area contributed by atoms with E-state index in [0.717, 1.165) is 17.7 Å². The SMILES string of the molecule is CCNC(=NCc1ccc(NC(=O)c2ccco2)cc1)NCCc1cccc(F)c1.I. The van der Waals surface area contributed by atoms with Crippen LogP contribution in [0, 0.1) is 5.82 Å². The number of halogens is 2. The van der Waals surface area contributed by atoms with Gasteiger partial charge < -0.3 is 20.4 Å². The summed E-state index contributed by atoms with van der Waals surface area (Å²) < 4.78 is 18.4. The molecular formula is C23H26FIN4O2. The minimum absolute atomic E-state index is 0. The largest absolute Gasteiger partial charge is 0.459 e. The normalized spacial score (nSPS) is 10.8. The van der Waals surface area contributed by atoms with Gasteiger partial charge in [0.25, 0.3) is 5.91 Å². The molecule has 0 bridgehead atoms. The molecule has 1 aromatic heterocycles. The third kappa shape index (κ3) is 8.05. The Balaban J connectivity index is 0.00000341. The summed E-state index contributed by atoms with van der Waals surface area (Å²) in [6.07, 6.45) is 2.16. The molecule has 0 atom stereocenters. The van der Waals surface area contributed by atoms with Crippen molar-refractivity contribution >= 4 is 41.5 Å². The van der Waals surface area contributed by atoms with Gasteiger partial charge in [-0.25, -0.2) is 9.38 Å². The Hall–Kier alpha value is -2.88. The highest BCUT2D eigenvalue weighted by Crippen LogP contribution is 2.12. The van der Waals surface area contributed by atoms with Crippen LogP contribution in [0.15, 0.2) is 76.3 Å². The van der Waals surface area contributed by atoms with Gasteiger partial charge >= 0.3 is 0 Å². The van der Waals surface area contributed by atoms with Crippen LogP contribution in [0.5, 0.6) is 0 Å². The minimum atomic E-state index is -0.289. The number of carbonyl (C=O) groups is 1. The number of rotatable bonds is 8. The fraction of sp³-hybridized carbons (Fsp3) is 0.217. The molecule has 0 saturated heterocycles. The number of amides is 1. The molecule has 0 aliphatic heterocycles. The number of furan rings is 1. The molecule has 3 N–H and O–H groups in total. The number of hydrogen-bond donors (Lipinski definition) is 3. The second-order valence-corrected chi connectivity index (χ2v) is 6.63. The second kappa shape index (κ2) is 12.7. The maximum atomic E-state index is 13.3. The Kier molecular flexibility index (Phi) is 10.0. The van der Waals surface area contributed by atoms with Crippen LogP contribution in [0.3, 0.4) is 0 Å². The van der Waals surface area contributed by atoms with Gasteiger partial charge in [0.2, 0.25) is 0 Å². The van der Waals surface area contributed by atoms with E-state index >= 15 is 0 Å². The third-order valence-electron chi connectivity index (χ3n) is 4.32. The molecule has 164 valence electrons. The maximum Gasteiger partial charge on any atom is 0.291 e. The summed E-state index contributed by atoms with van der Waals surface area (Å²) in [6.45, 7) is 3.87. The van der Waals surface area contributed by atoms with Crippen molar-refractivity contribution in [3.8, 4) is 0 Å². The first-order valence-electron chi connectivity index (χ1n) is 9.84. The predicted molar refractivity (Wildman–Crippen MR) is 131 cm³/mol. The molecule has 3 rings (SSSR count). The molecule has 31 heavy (non-hydrogen) atoms. The molecule has 0 aliphatic carbocycles. The molecule has 1 heterocycles. The average molecular weight is 536 g/mol. The van der Waals surface area contributed by atoms with Gasteiger partial charge in [0, 0.05) is 18.8 Å². The molecule has 0 saturated carbocycles. The monoisotopic (exact) mass is 536 g/mol. The van der Waals surface area contributed by atoms with Crippen LogP contribution >= 0.6 is 24.0 Å². The van der Waals surface area contributed by atoms with E-state index < -0.39 is 0 Å². The van der Waals surface area contributed by atoms with E-state index in [4.69, 9.17) is 4.42 Å². The molecule has 0 unspecified atom stereocenters. The first-order valence-corrected chi connectivity index (χ1v) is 9.84. The van der Waals surface area contributed by atoms with Gasteiger partial charge in [0.05, 0.1) is 12.8 Å². The molecule has 0 aliphatic rings. The van der Waals surface area contributed by atoms with Crippen molar-refractivity contribution in [1.29, 1.82) is 0 Å². The van der Waals surface area contributed by atoms with Gasteiger partial charge in [-0.15, -0.1) is 24.0 Å². The highest BCUT2D eigenvalue weighted by Gasteiger charge is 2.08. The van der Waals surface area contributed by atoms with Crippen LogP contribution in [0.2, 0.25) is 0 Å². The molecule has 0 spiro atoms. The number of nitrogens with zero attached hydrogens (tertiary/aromatic N) is 1.